The van der Waals surface area contributed by atoms with Gasteiger partial charge >= 0.3 is 0 Å². The second-order valence-corrected chi connectivity index (χ2v) is 10.3. The summed E-state index contributed by atoms with van der Waals surface area (Å²) in [6, 6.07) is 48.5. The highest BCUT2D eigenvalue weighted by Gasteiger charge is 2.08. The van der Waals surface area contributed by atoms with E-state index in [-0.39, 0.29) is 11.8 Å². The minimum atomic E-state index is -0.221. The molecule has 0 atom stereocenters. The van der Waals surface area contributed by atoms with E-state index in [0.29, 0.717) is 33.9 Å². The Morgan fingerprint density at radius 3 is 1.00 bits per heavy atom. The summed E-state index contributed by atoms with van der Waals surface area (Å²) in [6.45, 7) is 0. The first-order valence-electron chi connectivity index (χ1n) is 14.7. The van der Waals surface area contributed by atoms with Gasteiger partial charge in [0.15, 0.2) is 0 Å². The number of para-hydroxylation sites is 2. The standard InChI is InChI=1S/C38H30N6O2/c45-37(41-33-23-19-31(20-24-33)39-29-7-3-1-4-8-29)27-11-15-35(16-12-27)43-44-36-17-13-28(14-18-36)38(46)42-34-25-21-32(22-26-34)40-30-9-5-2-6-10-30/h1-26,39-40H,(H,41,45)(H,42,46). The van der Waals surface area contributed by atoms with Gasteiger partial charge < -0.3 is 21.3 Å². The maximum absolute atomic E-state index is 12.7. The van der Waals surface area contributed by atoms with Crippen molar-refractivity contribution in [2.45, 2.75) is 0 Å². The van der Waals surface area contributed by atoms with Crippen LogP contribution in [-0.4, -0.2) is 11.8 Å². The Bertz CT molecular complexity index is 1780. The lowest BCUT2D eigenvalue weighted by molar-refractivity contribution is 0.101. The van der Waals surface area contributed by atoms with E-state index in [9.17, 15) is 9.59 Å². The summed E-state index contributed by atoms with van der Waals surface area (Å²) in [5.74, 6) is -0.443. The van der Waals surface area contributed by atoms with Crippen LogP contribution < -0.4 is 21.3 Å². The van der Waals surface area contributed by atoms with Gasteiger partial charge in [-0.3, -0.25) is 9.59 Å². The van der Waals surface area contributed by atoms with Crippen LogP contribution in [0.15, 0.2) is 168 Å². The fourth-order valence-electron chi connectivity index (χ4n) is 4.53. The molecule has 0 aliphatic heterocycles. The molecule has 0 aliphatic carbocycles. The number of hydrogen-bond acceptors (Lipinski definition) is 6. The first kappa shape index (κ1) is 29.5. The van der Waals surface area contributed by atoms with E-state index < -0.39 is 0 Å². The molecule has 0 radical (unpaired) electrons. The van der Waals surface area contributed by atoms with E-state index in [1.165, 1.54) is 0 Å². The Morgan fingerprint density at radius 1 is 0.348 bits per heavy atom. The summed E-state index contributed by atoms with van der Waals surface area (Å²) >= 11 is 0. The summed E-state index contributed by atoms with van der Waals surface area (Å²) in [4.78, 5) is 25.5. The number of hydrogen-bond donors (Lipinski definition) is 4. The number of anilines is 6. The van der Waals surface area contributed by atoms with Crippen LogP contribution in [0.1, 0.15) is 20.7 Å². The molecule has 0 spiro atoms. The highest BCUT2D eigenvalue weighted by Crippen LogP contribution is 2.23. The third-order valence-electron chi connectivity index (χ3n) is 6.95. The highest BCUT2D eigenvalue weighted by molar-refractivity contribution is 6.05. The van der Waals surface area contributed by atoms with E-state index in [0.717, 1.165) is 22.7 Å². The summed E-state index contributed by atoms with van der Waals surface area (Å²) in [5.41, 5.74) is 7.42. The van der Waals surface area contributed by atoms with Gasteiger partial charge in [-0.15, -0.1) is 0 Å². The number of azo groups is 1. The Kier molecular flexibility index (Phi) is 9.17. The van der Waals surface area contributed by atoms with Gasteiger partial charge in [-0.1, -0.05) is 36.4 Å². The van der Waals surface area contributed by atoms with Crippen LogP contribution in [0.3, 0.4) is 0 Å². The number of carbonyl (C=O) groups excluding carboxylic acids is 2. The maximum atomic E-state index is 12.7. The molecule has 6 aromatic rings. The number of nitrogens with zero attached hydrogens (tertiary/aromatic N) is 2. The zero-order valence-corrected chi connectivity index (χ0v) is 24.7. The van der Waals surface area contributed by atoms with E-state index >= 15 is 0 Å². The third-order valence-corrected chi connectivity index (χ3v) is 6.95. The van der Waals surface area contributed by atoms with E-state index in [2.05, 4.69) is 31.5 Å². The molecule has 6 rings (SSSR count). The summed E-state index contributed by atoms with van der Waals surface area (Å²) in [6.07, 6.45) is 0. The Hall–Kier alpha value is -6.54. The smallest absolute Gasteiger partial charge is 0.255 e. The quantitative estimate of drug-likeness (QED) is 0.117. The molecule has 0 aromatic heterocycles. The lowest BCUT2D eigenvalue weighted by Gasteiger charge is -2.09. The first-order valence-corrected chi connectivity index (χ1v) is 14.7. The number of carbonyl (C=O) groups is 2. The molecule has 0 aliphatic rings. The van der Waals surface area contributed by atoms with E-state index in [1.807, 2.05) is 109 Å². The second-order valence-electron chi connectivity index (χ2n) is 10.3. The van der Waals surface area contributed by atoms with Crippen molar-refractivity contribution >= 4 is 57.3 Å². The summed E-state index contributed by atoms with van der Waals surface area (Å²) in [5, 5.41) is 21.0. The average Bonchev–Trinajstić information content (AvgIpc) is 3.10. The molecule has 2 amide bonds. The van der Waals surface area contributed by atoms with Crippen molar-refractivity contribution in [2.24, 2.45) is 10.2 Å². The van der Waals surface area contributed by atoms with E-state index in [1.54, 1.807) is 48.5 Å². The van der Waals surface area contributed by atoms with Crippen molar-refractivity contribution < 1.29 is 9.59 Å². The third kappa shape index (κ3) is 8.09. The predicted octanol–water partition coefficient (Wildman–Crippen LogP) is 10.1. The maximum Gasteiger partial charge on any atom is 0.255 e. The zero-order chi connectivity index (χ0) is 31.6. The summed E-state index contributed by atoms with van der Waals surface area (Å²) < 4.78 is 0. The SMILES string of the molecule is O=C(Nc1ccc(Nc2ccccc2)cc1)c1ccc(N=Nc2ccc(C(=O)Nc3ccc(Nc4ccccc4)cc3)cc2)cc1. The van der Waals surface area contributed by atoms with E-state index in [4.69, 9.17) is 0 Å². The molecule has 46 heavy (non-hydrogen) atoms. The monoisotopic (exact) mass is 602 g/mol. The van der Waals surface area contributed by atoms with Crippen LogP contribution in [0.4, 0.5) is 45.5 Å². The Balaban J connectivity index is 0.986. The molecule has 4 N–H and O–H groups in total. The lowest BCUT2D eigenvalue weighted by Crippen LogP contribution is -2.11. The molecule has 0 saturated carbocycles. The fourth-order valence-corrected chi connectivity index (χ4v) is 4.53. The Morgan fingerprint density at radius 2 is 0.652 bits per heavy atom. The van der Waals surface area contributed by atoms with Crippen molar-refractivity contribution in [1.82, 2.24) is 0 Å². The van der Waals surface area contributed by atoms with Gasteiger partial charge in [0.2, 0.25) is 0 Å². The topological polar surface area (TPSA) is 107 Å². The molecule has 6 aromatic carbocycles. The van der Waals surface area contributed by atoms with Crippen LogP contribution in [0.25, 0.3) is 0 Å². The van der Waals surface area contributed by atoms with Gasteiger partial charge in [0, 0.05) is 45.3 Å². The van der Waals surface area contributed by atoms with Crippen molar-refractivity contribution in [3.8, 4) is 0 Å². The van der Waals surface area contributed by atoms with Crippen molar-refractivity contribution in [3.63, 3.8) is 0 Å². The molecule has 8 heteroatoms. The van der Waals surface area contributed by atoms with Crippen molar-refractivity contribution in [2.75, 3.05) is 21.3 Å². The summed E-state index contributed by atoms with van der Waals surface area (Å²) in [7, 11) is 0. The van der Waals surface area contributed by atoms with Crippen LogP contribution in [-0.2, 0) is 0 Å². The first-order chi connectivity index (χ1) is 22.6. The number of rotatable bonds is 10. The zero-order valence-electron chi connectivity index (χ0n) is 24.7. The normalized spacial score (nSPS) is 10.7. The molecule has 0 fully saturated rings. The van der Waals surface area contributed by atoms with Gasteiger partial charge in [-0.2, -0.15) is 10.2 Å². The van der Waals surface area contributed by atoms with Crippen LogP contribution in [0, 0.1) is 0 Å². The lowest BCUT2D eigenvalue weighted by atomic mass is 10.2. The molecule has 8 nitrogen and oxygen atoms in total. The van der Waals surface area contributed by atoms with Gasteiger partial charge in [0.1, 0.15) is 0 Å². The van der Waals surface area contributed by atoms with Crippen LogP contribution >= 0.6 is 0 Å². The largest absolute Gasteiger partial charge is 0.356 e. The van der Waals surface area contributed by atoms with Gasteiger partial charge in [0.25, 0.3) is 11.8 Å². The van der Waals surface area contributed by atoms with Crippen LogP contribution in [0.2, 0.25) is 0 Å². The molecule has 0 saturated heterocycles. The fraction of sp³-hybridized carbons (Fsp3) is 0. The number of benzene rings is 6. The predicted molar refractivity (Wildman–Crippen MR) is 185 cm³/mol. The number of nitrogens with one attached hydrogen (secondary N) is 4. The molecular weight excluding hydrogens is 572 g/mol. The Labute approximate surface area is 266 Å². The van der Waals surface area contributed by atoms with Gasteiger partial charge in [-0.25, -0.2) is 0 Å². The average molecular weight is 603 g/mol. The van der Waals surface area contributed by atoms with Gasteiger partial charge in [-0.05, 0) is 121 Å². The molecule has 0 heterocycles. The highest BCUT2D eigenvalue weighted by atomic mass is 16.2. The van der Waals surface area contributed by atoms with Crippen LogP contribution in [0.5, 0.6) is 0 Å². The number of amides is 2. The second kappa shape index (κ2) is 14.3. The minimum Gasteiger partial charge on any atom is -0.356 e. The molecular formula is C38H30N6O2. The molecule has 0 bridgehead atoms. The molecule has 224 valence electrons. The van der Waals surface area contributed by atoms with Crippen molar-refractivity contribution in [1.29, 1.82) is 0 Å². The van der Waals surface area contributed by atoms with Crippen molar-refractivity contribution in [3.05, 3.63) is 169 Å². The minimum absolute atomic E-state index is 0.221. The van der Waals surface area contributed by atoms with Gasteiger partial charge in [0.05, 0.1) is 11.4 Å². The molecule has 0 unspecified atom stereocenters.